The summed E-state index contributed by atoms with van der Waals surface area (Å²) in [5.41, 5.74) is 0.727. The molecule has 0 saturated carbocycles. The van der Waals surface area contributed by atoms with Crippen LogP contribution in [0.2, 0.25) is 0 Å². The second-order valence-electron chi connectivity index (χ2n) is 4.13. The minimum absolute atomic E-state index is 0.184. The number of methoxy groups -OCH3 is 1. The van der Waals surface area contributed by atoms with Crippen LogP contribution in [-0.4, -0.2) is 25.9 Å². The number of unbranched alkanes of at least 4 members (excludes halogenated alkanes) is 2. The lowest BCUT2D eigenvalue weighted by atomic mass is 10.2. The number of carbonyl (C=O) groups is 1. The number of urea groups is 1. The van der Waals surface area contributed by atoms with Gasteiger partial charge in [0, 0.05) is 11.4 Å². The van der Waals surface area contributed by atoms with Gasteiger partial charge in [0.05, 0.1) is 12.8 Å². The first kappa shape index (κ1) is 15.7. The molecule has 0 fully saturated rings. The molecule has 0 atom stereocenters. The third kappa shape index (κ3) is 5.03. The highest BCUT2D eigenvalue weighted by Gasteiger charge is 2.11. The van der Waals surface area contributed by atoms with Gasteiger partial charge in [-0.15, -0.1) is 11.8 Å². The van der Waals surface area contributed by atoms with Crippen LogP contribution in [0.5, 0.6) is 5.75 Å². The van der Waals surface area contributed by atoms with Gasteiger partial charge in [-0.25, -0.2) is 4.79 Å². The lowest BCUT2D eigenvalue weighted by Crippen LogP contribution is -2.29. The Balaban J connectivity index is 2.62. The van der Waals surface area contributed by atoms with Crippen molar-refractivity contribution in [3.8, 4) is 5.75 Å². The van der Waals surface area contributed by atoms with Crippen molar-refractivity contribution < 1.29 is 9.53 Å². The molecule has 0 aliphatic rings. The zero-order chi connectivity index (χ0) is 14.1. The van der Waals surface area contributed by atoms with Gasteiger partial charge in [0.1, 0.15) is 5.75 Å². The van der Waals surface area contributed by atoms with E-state index in [0.717, 1.165) is 29.8 Å². The maximum absolute atomic E-state index is 11.8. The number of thioether (sulfide) groups is 1. The van der Waals surface area contributed by atoms with Crippen LogP contribution < -0.4 is 15.4 Å². The monoisotopic (exact) mass is 282 g/mol. The molecule has 19 heavy (non-hydrogen) atoms. The van der Waals surface area contributed by atoms with Gasteiger partial charge in [-0.05, 0) is 24.8 Å². The zero-order valence-electron chi connectivity index (χ0n) is 11.8. The summed E-state index contributed by atoms with van der Waals surface area (Å²) >= 11 is 1.58. The molecule has 106 valence electrons. The van der Waals surface area contributed by atoms with E-state index in [2.05, 4.69) is 17.6 Å². The van der Waals surface area contributed by atoms with Gasteiger partial charge in [-0.1, -0.05) is 25.8 Å². The molecule has 1 aromatic rings. The van der Waals surface area contributed by atoms with E-state index < -0.39 is 0 Å². The number of ether oxygens (including phenoxy) is 1. The highest BCUT2D eigenvalue weighted by molar-refractivity contribution is 7.98. The van der Waals surface area contributed by atoms with Gasteiger partial charge < -0.3 is 15.4 Å². The minimum atomic E-state index is -0.184. The summed E-state index contributed by atoms with van der Waals surface area (Å²) in [6.45, 7) is 2.84. The van der Waals surface area contributed by atoms with E-state index in [1.54, 1.807) is 18.9 Å². The number of hydrogen-bond donors (Lipinski definition) is 2. The minimum Gasteiger partial charge on any atom is -0.495 e. The molecule has 0 aliphatic carbocycles. The molecule has 4 nitrogen and oxygen atoms in total. The normalized spacial score (nSPS) is 10.1. The van der Waals surface area contributed by atoms with Crippen LogP contribution in [0.25, 0.3) is 0 Å². The molecule has 0 heterocycles. The Morgan fingerprint density at radius 3 is 2.79 bits per heavy atom. The zero-order valence-corrected chi connectivity index (χ0v) is 12.6. The topological polar surface area (TPSA) is 50.4 Å². The van der Waals surface area contributed by atoms with E-state index in [9.17, 15) is 4.79 Å². The molecule has 2 N–H and O–H groups in total. The third-order valence-corrected chi connectivity index (χ3v) is 3.51. The third-order valence-electron chi connectivity index (χ3n) is 2.73. The van der Waals surface area contributed by atoms with Crippen LogP contribution in [0, 0.1) is 0 Å². The molecular formula is C14H22N2O2S. The molecule has 0 spiro atoms. The molecule has 0 aromatic heterocycles. The SMILES string of the molecule is CCCCCNC(=O)Nc1c(OC)cccc1SC. The summed E-state index contributed by atoms with van der Waals surface area (Å²) in [6, 6.07) is 5.53. The number of anilines is 1. The molecule has 0 unspecified atom stereocenters. The summed E-state index contributed by atoms with van der Waals surface area (Å²) in [5.74, 6) is 0.676. The van der Waals surface area contributed by atoms with Crippen molar-refractivity contribution in [2.75, 3.05) is 25.2 Å². The molecule has 0 aliphatic heterocycles. The second kappa shape index (κ2) is 8.69. The Labute approximate surface area is 119 Å². The second-order valence-corrected chi connectivity index (χ2v) is 4.97. The van der Waals surface area contributed by atoms with Crippen molar-refractivity contribution in [3.05, 3.63) is 18.2 Å². The average Bonchev–Trinajstić information content (AvgIpc) is 2.43. The Kier molecular flexibility index (Phi) is 7.18. The largest absolute Gasteiger partial charge is 0.495 e. The standard InChI is InChI=1S/C14H22N2O2S/c1-4-5-6-10-15-14(17)16-13-11(18-2)8-7-9-12(13)19-3/h7-9H,4-6,10H2,1-3H3,(H2,15,16,17). The fourth-order valence-electron chi connectivity index (χ4n) is 1.71. The first-order chi connectivity index (χ1) is 9.22. The predicted molar refractivity (Wildman–Crippen MR) is 81.3 cm³/mol. The number of benzene rings is 1. The van der Waals surface area contributed by atoms with Gasteiger partial charge in [-0.2, -0.15) is 0 Å². The van der Waals surface area contributed by atoms with E-state index >= 15 is 0 Å². The van der Waals surface area contributed by atoms with Crippen molar-refractivity contribution in [2.45, 2.75) is 31.1 Å². The van der Waals surface area contributed by atoms with Gasteiger partial charge in [0.25, 0.3) is 0 Å². The molecule has 1 rings (SSSR count). The van der Waals surface area contributed by atoms with Crippen molar-refractivity contribution in [2.24, 2.45) is 0 Å². The molecule has 1 aromatic carbocycles. The first-order valence-corrected chi connectivity index (χ1v) is 7.71. The van der Waals surface area contributed by atoms with Gasteiger partial charge in [-0.3, -0.25) is 0 Å². The highest BCUT2D eigenvalue weighted by atomic mass is 32.2. The smallest absolute Gasteiger partial charge is 0.319 e. The lowest BCUT2D eigenvalue weighted by molar-refractivity contribution is 0.251. The van der Waals surface area contributed by atoms with Gasteiger partial charge >= 0.3 is 6.03 Å². The van der Waals surface area contributed by atoms with E-state index in [1.165, 1.54) is 0 Å². The summed E-state index contributed by atoms with van der Waals surface area (Å²) in [4.78, 5) is 12.8. The Hall–Kier alpha value is -1.36. The maximum atomic E-state index is 11.8. The average molecular weight is 282 g/mol. The van der Waals surface area contributed by atoms with Crippen molar-refractivity contribution >= 4 is 23.5 Å². The maximum Gasteiger partial charge on any atom is 0.319 e. The van der Waals surface area contributed by atoms with Crippen LogP contribution in [0.15, 0.2) is 23.1 Å². The van der Waals surface area contributed by atoms with Crippen LogP contribution in [0.1, 0.15) is 26.2 Å². The van der Waals surface area contributed by atoms with Crippen LogP contribution >= 0.6 is 11.8 Å². The fourth-order valence-corrected chi connectivity index (χ4v) is 2.28. The quantitative estimate of drug-likeness (QED) is 0.592. The van der Waals surface area contributed by atoms with Crippen LogP contribution in [0.4, 0.5) is 10.5 Å². The van der Waals surface area contributed by atoms with Crippen molar-refractivity contribution in [1.29, 1.82) is 0 Å². The van der Waals surface area contributed by atoms with Gasteiger partial charge in [0.15, 0.2) is 0 Å². The summed E-state index contributed by atoms with van der Waals surface area (Å²) < 4.78 is 5.28. The molecule has 0 bridgehead atoms. The molecule has 2 amide bonds. The summed E-state index contributed by atoms with van der Waals surface area (Å²) in [5, 5.41) is 5.72. The van der Waals surface area contributed by atoms with Gasteiger partial charge in [0.2, 0.25) is 0 Å². The van der Waals surface area contributed by atoms with E-state index in [4.69, 9.17) is 4.74 Å². The Morgan fingerprint density at radius 1 is 1.37 bits per heavy atom. The van der Waals surface area contributed by atoms with E-state index in [1.807, 2.05) is 24.5 Å². The molecule has 0 radical (unpaired) electrons. The number of nitrogens with one attached hydrogen (secondary N) is 2. The molecular weight excluding hydrogens is 260 g/mol. The molecule has 0 saturated heterocycles. The van der Waals surface area contributed by atoms with Crippen LogP contribution in [0.3, 0.4) is 0 Å². The highest BCUT2D eigenvalue weighted by Crippen LogP contribution is 2.33. The predicted octanol–water partition coefficient (Wildman–Crippen LogP) is 3.73. The Morgan fingerprint density at radius 2 is 2.16 bits per heavy atom. The number of carbonyl (C=O) groups excluding carboxylic acids is 1. The fraction of sp³-hybridized carbons (Fsp3) is 0.500. The summed E-state index contributed by atoms with van der Waals surface area (Å²) in [6.07, 6.45) is 5.25. The van der Waals surface area contributed by atoms with Crippen molar-refractivity contribution in [1.82, 2.24) is 5.32 Å². The summed E-state index contributed by atoms with van der Waals surface area (Å²) in [7, 11) is 1.60. The number of hydrogen-bond acceptors (Lipinski definition) is 3. The first-order valence-electron chi connectivity index (χ1n) is 6.48. The van der Waals surface area contributed by atoms with Crippen molar-refractivity contribution in [3.63, 3.8) is 0 Å². The van der Waals surface area contributed by atoms with E-state index in [0.29, 0.717) is 12.3 Å². The number of para-hydroxylation sites is 1. The number of rotatable bonds is 7. The molecule has 5 heteroatoms. The number of amides is 2. The lowest BCUT2D eigenvalue weighted by Gasteiger charge is -2.14. The van der Waals surface area contributed by atoms with Crippen LogP contribution in [-0.2, 0) is 0 Å². The Bertz CT molecular complexity index is 388. The van der Waals surface area contributed by atoms with E-state index in [-0.39, 0.29) is 6.03 Å².